The van der Waals surface area contributed by atoms with E-state index in [1.54, 1.807) is 13.1 Å². The molecule has 0 N–H and O–H groups in total. The Bertz CT molecular complexity index is 670. The summed E-state index contributed by atoms with van der Waals surface area (Å²) in [7, 11) is 0. The maximum Gasteiger partial charge on any atom is 0.135 e. The van der Waals surface area contributed by atoms with E-state index >= 15 is 0 Å². The van der Waals surface area contributed by atoms with Gasteiger partial charge >= 0.3 is 0 Å². The number of Topliss-reactive ketones (excluding diaryl/α,β-unsaturated/α-hetero) is 1. The molecule has 0 aliphatic heterocycles. The summed E-state index contributed by atoms with van der Waals surface area (Å²) < 4.78 is 2.07. The largest absolute Gasteiger partial charge is 0.329 e. The van der Waals surface area contributed by atoms with E-state index in [1.807, 2.05) is 33.3 Å². The van der Waals surface area contributed by atoms with Crippen molar-refractivity contribution in [2.75, 3.05) is 0 Å². The van der Waals surface area contributed by atoms with Gasteiger partial charge in [0.15, 0.2) is 0 Å². The van der Waals surface area contributed by atoms with Crippen LogP contribution in [0.3, 0.4) is 0 Å². The molecule has 0 radical (unpaired) electrons. The highest BCUT2D eigenvalue weighted by molar-refractivity contribution is 5.79. The minimum atomic E-state index is -0.0897. The summed E-state index contributed by atoms with van der Waals surface area (Å²) in [5.74, 6) is 0.112. The fourth-order valence-electron chi connectivity index (χ4n) is 3.29. The van der Waals surface area contributed by atoms with Gasteiger partial charge in [0.05, 0.1) is 12.4 Å². The van der Waals surface area contributed by atoms with Gasteiger partial charge in [0, 0.05) is 18.3 Å². The number of rotatable bonds is 4. The molecule has 3 nitrogen and oxygen atoms in total. The van der Waals surface area contributed by atoms with E-state index in [0.717, 1.165) is 0 Å². The molecule has 0 spiro atoms. The zero-order valence-electron chi connectivity index (χ0n) is 16.7. The minimum Gasteiger partial charge on any atom is -0.329 e. The highest BCUT2D eigenvalue weighted by Crippen LogP contribution is 2.36. The maximum absolute atomic E-state index is 12.1. The van der Waals surface area contributed by atoms with Crippen LogP contribution in [0, 0.1) is 40.5 Å². The lowest BCUT2D eigenvalue weighted by atomic mass is 9.81. The second-order valence-corrected chi connectivity index (χ2v) is 6.39. The predicted octanol–water partition coefficient (Wildman–Crippen LogP) is 5.27. The van der Waals surface area contributed by atoms with Crippen LogP contribution >= 0.6 is 0 Å². The first-order valence-electron chi connectivity index (χ1n) is 8.82. The van der Waals surface area contributed by atoms with Crippen molar-refractivity contribution in [1.82, 2.24) is 9.55 Å². The lowest BCUT2D eigenvalue weighted by Crippen LogP contribution is -2.25. The lowest BCUT2D eigenvalue weighted by molar-refractivity contribution is -0.121. The summed E-state index contributed by atoms with van der Waals surface area (Å²) in [5.41, 5.74) is 7.82. The molecule has 2 unspecified atom stereocenters. The molecule has 0 amide bonds. The van der Waals surface area contributed by atoms with Gasteiger partial charge in [-0.1, -0.05) is 20.8 Å². The Kier molecular flexibility index (Phi) is 6.94. The van der Waals surface area contributed by atoms with Crippen LogP contribution in [0.4, 0.5) is 0 Å². The predicted molar refractivity (Wildman–Crippen MR) is 102 cm³/mol. The topological polar surface area (TPSA) is 34.9 Å². The molecule has 3 heteroatoms. The number of ketones is 1. The quantitative estimate of drug-likeness (QED) is 0.766. The van der Waals surface area contributed by atoms with Crippen LogP contribution < -0.4 is 0 Å². The Hall–Kier alpha value is -1.90. The second kappa shape index (κ2) is 8.27. The van der Waals surface area contributed by atoms with Crippen LogP contribution in [0.15, 0.2) is 18.7 Å². The van der Waals surface area contributed by atoms with Gasteiger partial charge in [-0.15, -0.1) is 0 Å². The number of imidazole rings is 1. The molecular weight excluding hydrogens is 296 g/mol. The van der Waals surface area contributed by atoms with Gasteiger partial charge in [-0.25, -0.2) is 4.98 Å². The summed E-state index contributed by atoms with van der Waals surface area (Å²) in [6.45, 7) is 18.5. The highest BCUT2D eigenvalue weighted by Gasteiger charge is 2.28. The molecule has 0 fully saturated rings. The van der Waals surface area contributed by atoms with Crippen molar-refractivity contribution in [3.8, 4) is 0 Å². The molecule has 0 saturated carbocycles. The standard InChI is InChI=1S/C19H26N2O.C2H6/c1-11-12(2)14(4)18(15(5)13(11)3)19(16(6)17(7)22)21-9-8-20-10-21;1-2/h8-10,16,19H,1-7H3;1-2H3. The number of aromatic nitrogens is 2. The van der Waals surface area contributed by atoms with Crippen LogP contribution in [-0.2, 0) is 4.79 Å². The van der Waals surface area contributed by atoms with Crippen LogP contribution in [0.5, 0.6) is 0 Å². The summed E-state index contributed by atoms with van der Waals surface area (Å²) in [6.07, 6.45) is 5.54. The van der Waals surface area contributed by atoms with Gasteiger partial charge in [-0.3, -0.25) is 4.79 Å². The molecule has 0 saturated heterocycles. The summed E-state index contributed by atoms with van der Waals surface area (Å²) >= 11 is 0. The molecule has 1 aromatic carbocycles. The summed E-state index contributed by atoms with van der Waals surface area (Å²) in [5, 5.41) is 0. The molecule has 2 rings (SSSR count). The Morgan fingerprint density at radius 3 is 1.79 bits per heavy atom. The number of nitrogens with zero attached hydrogens (tertiary/aromatic N) is 2. The van der Waals surface area contributed by atoms with E-state index in [0.29, 0.717) is 0 Å². The molecule has 1 aromatic heterocycles. The first kappa shape index (κ1) is 20.1. The molecule has 0 bridgehead atoms. The van der Waals surface area contributed by atoms with Crippen LogP contribution in [-0.4, -0.2) is 15.3 Å². The van der Waals surface area contributed by atoms with Crippen molar-refractivity contribution in [2.45, 2.75) is 68.4 Å². The SMILES string of the molecule is CC.CC(=O)C(C)C(c1c(C)c(C)c(C)c(C)c1C)n1ccnc1. The molecule has 1 heterocycles. The lowest BCUT2D eigenvalue weighted by Gasteiger charge is -2.30. The van der Waals surface area contributed by atoms with Crippen molar-refractivity contribution >= 4 is 5.78 Å². The van der Waals surface area contributed by atoms with E-state index in [-0.39, 0.29) is 17.7 Å². The Labute approximate surface area is 147 Å². The van der Waals surface area contributed by atoms with Crippen molar-refractivity contribution in [2.24, 2.45) is 5.92 Å². The van der Waals surface area contributed by atoms with E-state index < -0.39 is 0 Å². The zero-order chi connectivity index (χ0) is 18.6. The molecule has 2 aromatic rings. The van der Waals surface area contributed by atoms with E-state index in [2.05, 4.69) is 44.2 Å². The fraction of sp³-hybridized carbons (Fsp3) is 0.524. The number of carbonyl (C=O) groups is 1. The number of benzene rings is 1. The van der Waals surface area contributed by atoms with Crippen LogP contribution in [0.25, 0.3) is 0 Å². The van der Waals surface area contributed by atoms with Gasteiger partial charge in [-0.05, 0) is 74.9 Å². The van der Waals surface area contributed by atoms with Crippen LogP contribution in [0.1, 0.15) is 67.1 Å². The Morgan fingerprint density at radius 1 is 0.958 bits per heavy atom. The van der Waals surface area contributed by atoms with Gasteiger partial charge in [0.2, 0.25) is 0 Å². The van der Waals surface area contributed by atoms with Gasteiger partial charge in [-0.2, -0.15) is 0 Å². The van der Waals surface area contributed by atoms with E-state index in [9.17, 15) is 4.79 Å². The van der Waals surface area contributed by atoms with Crippen LogP contribution in [0.2, 0.25) is 0 Å². The summed E-state index contributed by atoms with van der Waals surface area (Å²) in [6, 6.07) is -0.00185. The van der Waals surface area contributed by atoms with Crippen molar-refractivity contribution in [3.05, 3.63) is 52.1 Å². The van der Waals surface area contributed by atoms with E-state index in [1.165, 1.54) is 33.4 Å². The molecule has 0 aliphatic rings. The smallest absolute Gasteiger partial charge is 0.135 e. The highest BCUT2D eigenvalue weighted by atomic mass is 16.1. The van der Waals surface area contributed by atoms with E-state index in [4.69, 9.17) is 0 Å². The first-order valence-corrected chi connectivity index (χ1v) is 8.82. The monoisotopic (exact) mass is 328 g/mol. The molecule has 2 atom stereocenters. The number of hydrogen-bond donors (Lipinski definition) is 0. The third-order valence-corrected chi connectivity index (χ3v) is 5.31. The zero-order valence-corrected chi connectivity index (χ0v) is 16.7. The third-order valence-electron chi connectivity index (χ3n) is 5.31. The normalized spacial score (nSPS) is 13.0. The number of carbonyl (C=O) groups excluding carboxylic acids is 1. The Balaban J connectivity index is 0.00000139. The summed E-state index contributed by atoms with van der Waals surface area (Å²) in [4.78, 5) is 16.3. The average Bonchev–Trinajstić information content (AvgIpc) is 3.10. The molecular formula is C21H32N2O. The van der Waals surface area contributed by atoms with Crippen molar-refractivity contribution in [1.29, 1.82) is 0 Å². The Morgan fingerprint density at radius 2 is 1.42 bits per heavy atom. The van der Waals surface area contributed by atoms with Gasteiger partial charge in [0.1, 0.15) is 5.78 Å². The number of hydrogen-bond acceptors (Lipinski definition) is 2. The fourth-order valence-corrected chi connectivity index (χ4v) is 3.29. The minimum absolute atomic E-state index is 0.00185. The molecule has 24 heavy (non-hydrogen) atoms. The molecule has 0 aliphatic carbocycles. The average molecular weight is 328 g/mol. The van der Waals surface area contributed by atoms with Crippen molar-refractivity contribution in [3.63, 3.8) is 0 Å². The first-order chi connectivity index (χ1) is 11.3. The second-order valence-electron chi connectivity index (χ2n) is 6.39. The molecule has 132 valence electrons. The third kappa shape index (κ3) is 3.61. The van der Waals surface area contributed by atoms with Crippen molar-refractivity contribution < 1.29 is 4.79 Å². The van der Waals surface area contributed by atoms with Gasteiger partial charge in [0.25, 0.3) is 0 Å². The van der Waals surface area contributed by atoms with Gasteiger partial charge < -0.3 is 4.57 Å². The maximum atomic E-state index is 12.1.